The van der Waals surface area contributed by atoms with E-state index in [1.54, 1.807) is 0 Å². The molecule has 16 heavy (non-hydrogen) atoms. The molecule has 1 aromatic carbocycles. The summed E-state index contributed by atoms with van der Waals surface area (Å²) in [7, 11) is 0. The maximum absolute atomic E-state index is 6.60. The van der Waals surface area contributed by atoms with E-state index in [1.807, 2.05) is 0 Å². The first-order valence-corrected chi connectivity index (χ1v) is 6.54. The standard InChI is InChI=1S/C15H23N/c1-3-13-8-7-12(2)14(11-13)15(16)9-5-4-6-10-15/h7-8,11H,3-6,9-10,16H2,1-2H3. The lowest BCUT2D eigenvalue weighted by molar-refractivity contribution is 0.301. The second-order valence-electron chi connectivity index (χ2n) is 5.22. The number of aryl methyl sites for hydroxylation is 2. The second-order valence-corrected chi connectivity index (χ2v) is 5.22. The van der Waals surface area contributed by atoms with Gasteiger partial charge < -0.3 is 5.73 Å². The topological polar surface area (TPSA) is 26.0 Å². The summed E-state index contributed by atoms with van der Waals surface area (Å²) in [5.41, 5.74) is 10.7. The first kappa shape index (κ1) is 11.7. The molecule has 0 amide bonds. The zero-order chi connectivity index (χ0) is 11.6. The Morgan fingerprint density at radius 1 is 1.19 bits per heavy atom. The molecular formula is C15H23N. The molecule has 0 spiro atoms. The van der Waals surface area contributed by atoms with Gasteiger partial charge in [-0.15, -0.1) is 0 Å². The number of benzene rings is 1. The Hall–Kier alpha value is -0.820. The van der Waals surface area contributed by atoms with Crippen LogP contribution in [-0.4, -0.2) is 0 Å². The highest BCUT2D eigenvalue weighted by Crippen LogP contribution is 2.36. The summed E-state index contributed by atoms with van der Waals surface area (Å²) < 4.78 is 0. The second kappa shape index (κ2) is 4.58. The molecule has 1 saturated carbocycles. The van der Waals surface area contributed by atoms with E-state index < -0.39 is 0 Å². The molecule has 0 aromatic heterocycles. The highest BCUT2D eigenvalue weighted by Gasteiger charge is 2.30. The van der Waals surface area contributed by atoms with E-state index in [9.17, 15) is 0 Å². The van der Waals surface area contributed by atoms with Gasteiger partial charge in [0.2, 0.25) is 0 Å². The zero-order valence-electron chi connectivity index (χ0n) is 10.6. The van der Waals surface area contributed by atoms with E-state index in [0.29, 0.717) is 0 Å². The largest absolute Gasteiger partial charge is 0.321 e. The molecule has 0 atom stereocenters. The molecule has 1 aromatic rings. The van der Waals surface area contributed by atoms with Crippen LogP contribution in [0.1, 0.15) is 55.7 Å². The fourth-order valence-corrected chi connectivity index (χ4v) is 2.88. The van der Waals surface area contributed by atoms with E-state index in [0.717, 1.165) is 19.3 Å². The van der Waals surface area contributed by atoms with Crippen LogP contribution in [0.4, 0.5) is 0 Å². The van der Waals surface area contributed by atoms with Gasteiger partial charge in [0, 0.05) is 5.54 Å². The van der Waals surface area contributed by atoms with Crippen molar-refractivity contribution in [1.82, 2.24) is 0 Å². The maximum Gasteiger partial charge on any atom is 0.0412 e. The molecule has 0 saturated heterocycles. The van der Waals surface area contributed by atoms with Crippen LogP contribution in [-0.2, 0) is 12.0 Å². The van der Waals surface area contributed by atoms with Crippen LogP contribution in [0.3, 0.4) is 0 Å². The monoisotopic (exact) mass is 217 g/mol. The Labute approximate surface area is 99.0 Å². The SMILES string of the molecule is CCc1ccc(C)c(C2(N)CCCCC2)c1. The van der Waals surface area contributed by atoms with Crippen molar-refractivity contribution in [2.24, 2.45) is 5.73 Å². The van der Waals surface area contributed by atoms with Crippen LogP contribution in [0.25, 0.3) is 0 Å². The molecule has 1 heteroatoms. The molecule has 1 aliphatic rings. The molecule has 0 radical (unpaired) electrons. The first-order chi connectivity index (χ1) is 7.65. The zero-order valence-corrected chi connectivity index (χ0v) is 10.6. The minimum absolute atomic E-state index is 0.0481. The van der Waals surface area contributed by atoms with Gasteiger partial charge in [0.05, 0.1) is 0 Å². The van der Waals surface area contributed by atoms with Gasteiger partial charge in [-0.25, -0.2) is 0 Å². The molecule has 1 aliphatic carbocycles. The van der Waals surface area contributed by atoms with E-state index in [2.05, 4.69) is 32.0 Å². The maximum atomic E-state index is 6.60. The molecule has 0 heterocycles. The minimum Gasteiger partial charge on any atom is -0.321 e. The van der Waals surface area contributed by atoms with Gasteiger partial charge in [-0.1, -0.05) is 44.4 Å². The quantitative estimate of drug-likeness (QED) is 0.803. The highest BCUT2D eigenvalue weighted by molar-refractivity contribution is 5.36. The highest BCUT2D eigenvalue weighted by atomic mass is 14.7. The summed E-state index contributed by atoms with van der Waals surface area (Å²) in [5, 5.41) is 0. The van der Waals surface area contributed by atoms with Crippen molar-refractivity contribution in [2.45, 2.75) is 57.9 Å². The molecule has 2 rings (SSSR count). The summed E-state index contributed by atoms with van der Waals surface area (Å²) in [4.78, 5) is 0. The number of hydrogen-bond acceptors (Lipinski definition) is 1. The van der Waals surface area contributed by atoms with Crippen molar-refractivity contribution in [3.63, 3.8) is 0 Å². The van der Waals surface area contributed by atoms with Crippen molar-refractivity contribution in [2.75, 3.05) is 0 Å². The summed E-state index contributed by atoms with van der Waals surface area (Å²) in [6, 6.07) is 6.79. The number of rotatable bonds is 2. The fourth-order valence-electron chi connectivity index (χ4n) is 2.88. The Morgan fingerprint density at radius 3 is 2.50 bits per heavy atom. The Morgan fingerprint density at radius 2 is 1.88 bits per heavy atom. The lowest BCUT2D eigenvalue weighted by Crippen LogP contribution is -2.39. The first-order valence-electron chi connectivity index (χ1n) is 6.54. The van der Waals surface area contributed by atoms with Gasteiger partial charge in [0.1, 0.15) is 0 Å². The smallest absolute Gasteiger partial charge is 0.0412 e. The van der Waals surface area contributed by atoms with Crippen LogP contribution in [0.5, 0.6) is 0 Å². The average molecular weight is 217 g/mol. The molecule has 1 fully saturated rings. The number of nitrogens with two attached hydrogens (primary N) is 1. The van der Waals surface area contributed by atoms with Crippen molar-refractivity contribution < 1.29 is 0 Å². The van der Waals surface area contributed by atoms with Crippen molar-refractivity contribution in [1.29, 1.82) is 0 Å². The number of hydrogen-bond donors (Lipinski definition) is 1. The van der Waals surface area contributed by atoms with Crippen molar-refractivity contribution in [3.05, 3.63) is 34.9 Å². The van der Waals surface area contributed by atoms with Crippen LogP contribution < -0.4 is 5.73 Å². The van der Waals surface area contributed by atoms with Gasteiger partial charge in [0.15, 0.2) is 0 Å². The lowest BCUT2D eigenvalue weighted by Gasteiger charge is -2.35. The van der Waals surface area contributed by atoms with Gasteiger partial charge in [0.25, 0.3) is 0 Å². The van der Waals surface area contributed by atoms with Gasteiger partial charge in [-0.05, 0) is 42.9 Å². The molecule has 2 N–H and O–H groups in total. The van der Waals surface area contributed by atoms with Crippen LogP contribution >= 0.6 is 0 Å². The van der Waals surface area contributed by atoms with E-state index in [4.69, 9.17) is 5.73 Å². The molecule has 0 bridgehead atoms. The third kappa shape index (κ3) is 2.15. The predicted molar refractivity (Wildman–Crippen MR) is 69.5 cm³/mol. The van der Waals surface area contributed by atoms with E-state index >= 15 is 0 Å². The molecule has 0 unspecified atom stereocenters. The third-order valence-electron chi connectivity index (χ3n) is 3.99. The van der Waals surface area contributed by atoms with Gasteiger partial charge in [-0.3, -0.25) is 0 Å². The summed E-state index contributed by atoms with van der Waals surface area (Å²) >= 11 is 0. The van der Waals surface area contributed by atoms with Crippen LogP contribution in [0, 0.1) is 6.92 Å². The molecule has 0 aliphatic heterocycles. The lowest BCUT2D eigenvalue weighted by atomic mass is 9.75. The van der Waals surface area contributed by atoms with Gasteiger partial charge in [-0.2, -0.15) is 0 Å². The Bertz CT molecular complexity index is 362. The minimum atomic E-state index is -0.0481. The third-order valence-corrected chi connectivity index (χ3v) is 3.99. The fraction of sp³-hybridized carbons (Fsp3) is 0.600. The molecular weight excluding hydrogens is 194 g/mol. The van der Waals surface area contributed by atoms with Crippen molar-refractivity contribution >= 4 is 0 Å². The molecule has 88 valence electrons. The van der Waals surface area contributed by atoms with E-state index in [1.165, 1.54) is 36.0 Å². The van der Waals surface area contributed by atoms with Gasteiger partial charge >= 0.3 is 0 Å². The Kier molecular flexibility index (Phi) is 3.34. The normalized spacial score (nSPS) is 19.7. The van der Waals surface area contributed by atoms with Crippen LogP contribution in [0.15, 0.2) is 18.2 Å². The van der Waals surface area contributed by atoms with E-state index in [-0.39, 0.29) is 5.54 Å². The predicted octanol–water partition coefficient (Wildman–Crippen LogP) is 3.68. The van der Waals surface area contributed by atoms with Crippen molar-refractivity contribution in [3.8, 4) is 0 Å². The summed E-state index contributed by atoms with van der Waals surface area (Å²) in [6.07, 6.45) is 7.33. The summed E-state index contributed by atoms with van der Waals surface area (Å²) in [6.45, 7) is 4.40. The van der Waals surface area contributed by atoms with Crippen LogP contribution in [0.2, 0.25) is 0 Å². The average Bonchev–Trinajstić information content (AvgIpc) is 2.30. The molecule has 1 nitrogen and oxygen atoms in total. The summed E-state index contributed by atoms with van der Waals surface area (Å²) in [5.74, 6) is 0. The Balaban J connectivity index is 2.37.